The topological polar surface area (TPSA) is 77.8 Å². The molecule has 1 amide bonds. The van der Waals surface area contributed by atoms with Gasteiger partial charge in [0.05, 0.1) is 11.8 Å². The van der Waals surface area contributed by atoms with Gasteiger partial charge in [-0.1, -0.05) is 12.8 Å². The first kappa shape index (κ1) is 12.4. The van der Waals surface area contributed by atoms with Crippen molar-refractivity contribution in [3.05, 3.63) is 0 Å². The van der Waals surface area contributed by atoms with Gasteiger partial charge in [-0.3, -0.25) is 9.59 Å². The first-order valence-electron chi connectivity index (χ1n) is 6.26. The lowest BCUT2D eigenvalue weighted by molar-refractivity contribution is -0.155. The average Bonchev–Trinajstić information content (AvgIpc) is 2.27. The molecule has 2 rings (SSSR count). The number of aliphatic carboxylic acids is 1. The lowest BCUT2D eigenvalue weighted by Crippen LogP contribution is -2.54. The summed E-state index contributed by atoms with van der Waals surface area (Å²) >= 11 is 0. The summed E-state index contributed by atoms with van der Waals surface area (Å²) in [7, 11) is 0. The largest absolute Gasteiger partial charge is 0.481 e. The Morgan fingerprint density at radius 1 is 1.12 bits per heavy atom. The van der Waals surface area contributed by atoms with Crippen LogP contribution in [-0.4, -0.2) is 46.7 Å². The molecule has 2 N–H and O–H groups in total. The fourth-order valence-corrected chi connectivity index (χ4v) is 2.82. The Morgan fingerprint density at radius 2 is 1.71 bits per heavy atom. The number of likely N-dealkylation sites (tertiary alicyclic amines) is 1. The van der Waals surface area contributed by atoms with Crippen molar-refractivity contribution >= 4 is 11.9 Å². The highest BCUT2D eigenvalue weighted by Crippen LogP contribution is 2.33. The Labute approximate surface area is 100 Å². The molecule has 0 bridgehead atoms. The van der Waals surface area contributed by atoms with E-state index in [2.05, 4.69) is 0 Å². The number of carboxylic acid groups (broad SMARTS) is 1. The molecule has 0 spiro atoms. The van der Waals surface area contributed by atoms with Crippen LogP contribution in [0.5, 0.6) is 0 Å². The molecule has 2 fully saturated rings. The molecule has 0 aromatic rings. The van der Waals surface area contributed by atoms with Crippen molar-refractivity contribution in [1.29, 1.82) is 0 Å². The monoisotopic (exact) mass is 241 g/mol. The van der Waals surface area contributed by atoms with E-state index in [4.69, 9.17) is 10.2 Å². The lowest BCUT2D eigenvalue weighted by atomic mass is 9.77. The highest BCUT2D eigenvalue weighted by molar-refractivity contribution is 5.85. The zero-order valence-electron chi connectivity index (χ0n) is 9.84. The van der Waals surface area contributed by atoms with Crippen LogP contribution in [0.4, 0.5) is 0 Å². The molecule has 0 aromatic heterocycles. The van der Waals surface area contributed by atoms with Gasteiger partial charge >= 0.3 is 5.97 Å². The third kappa shape index (κ3) is 2.44. The molecule has 5 nitrogen and oxygen atoms in total. The average molecular weight is 241 g/mol. The van der Waals surface area contributed by atoms with Gasteiger partial charge in [0.2, 0.25) is 5.91 Å². The molecule has 1 saturated heterocycles. The SMILES string of the molecule is O=C(O)C1CCCCC1C(=O)N1CC(CO)C1. The summed E-state index contributed by atoms with van der Waals surface area (Å²) in [5, 5.41) is 18.0. The number of rotatable bonds is 3. The molecule has 5 heteroatoms. The van der Waals surface area contributed by atoms with Crippen molar-refractivity contribution in [2.24, 2.45) is 17.8 Å². The number of aliphatic hydroxyl groups is 1. The third-order valence-electron chi connectivity index (χ3n) is 3.93. The van der Waals surface area contributed by atoms with E-state index in [-0.39, 0.29) is 24.3 Å². The third-order valence-corrected chi connectivity index (χ3v) is 3.93. The van der Waals surface area contributed by atoms with Crippen LogP contribution in [0.25, 0.3) is 0 Å². The van der Waals surface area contributed by atoms with E-state index in [9.17, 15) is 9.59 Å². The fourth-order valence-electron chi connectivity index (χ4n) is 2.82. The number of hydrogen-bond donors (Lipinski definition) is 2. The van der Waals surface area contributed by atoms with Crippen LogP contribution in [0.15, 0.2) is 0 Å². The van der Waals surface area contributed by atoms with Gasteiger partial charge in [-0.2, -0.15) is 0 Å². The Morgan fingerprint density at radius 3 is 2.24 bits per heavy atom. The number of carboxylic acids is 1. The van der Waals surface area contributed by atoms with Crippen molar-refractivity contribution < 1.29 is 19.8 Å². The molecule has 17 heavy (non-hydrogen) atoms. The van der Waals surface area contributed by atoms with Crippen LogP contribution in [0, 0.1) is 17.8 Å². The quantitative estimate of drug-likeness (QED) is 0.746. The predicted molar refractivity (Wildman–Crippen MR) is 60.2 cm³/mol. The van der Waals surface area contributed by atoms with Gasteiger partial charge in [0.25, 0.3) is 0 Å². The Kier molecular flexibility index (Phi) is 3.66. The highest BCUT2D eigenvalue weighted by Gasteiger charge is 2.41. The second-order valence-electron chi connectivity index (χ2n) is 5.13. The molecule has 0 radical (unpaired) electrons. The van der Waals surface area contributed by atoms with E-state index >= 15 is 0 Å². The minimum absolute atomic E-state index is 0.0261. The zero-order valence-corrected chi connectivity index (χ0v) is 9.84. The number of amides is 1. The number of hydrogen-bond acceptors (Lipinski definition) is 3. The highest BCUT2D eigenvalue weighted by atomic mass is 16.4. The summed E-state index contributed by atoms with van der Waals surface area (Å²) in [6, 6.07) is 0. The van der Waals surface area contributed by atoms with E-state index in [1.165, 1.54) is 0 Å². The lowest BCUT2D eigenvalue weighted by Gasteiger charge is -2.42. The van der Waals surface area contributed by atoms with Crippen LogP contribution >= 0.6 is 0 Å². The number of nitrogens with zero attached hydrogens (tertiary/aromatic N) is 1. The van der Waals surface area contributed by atoms with Crippen molar-refractivity contribution in [3.63, 3.8) is 0 Å². The molecule has 2 aliphatic rings. The summed E-state index contributed by atoms with van der Waals surface area (Å²) in [5.41, 5.74) is 0. The van der Waals surface area contributed by atoms with Gasteiger partial charge in [0, 0.05) is 25.6 Å². The first-order valence-corrected chi connectivity index (χ1v) is 6.26. The summed E-state index contributed by atoms with van der Waals surface area (Å²) in [5.74, 6) is -1.54. The second-order valence-corrected chi connectivity index (χ2v) is 5.13. The molecule has 2 unspecified atom stereocenters. The van der Waals surface area contributed by atoms with Gasteiger partial charge < -0.3 is 15.1 Å². The molecule has 1 saturated carbocycles. The summed E-state index contributed by atoms with van der Waals surface area (Å²) in [4.78, 5) is 24.9. The predicted octanol–water partition coefficient (Wildman–Crippen LogP) is 0.328. The maximum absolute atomic E-state index is 12.1. The van der Waals surface area contributed by atoms with E-state index in [1.807, 2.05) is 0 Å². The van der Waals surface area contributed by atoms with E-state index in [0.29, 0.717) is 25.9 Å². The normalized spacial score (nSPS) is 29.8. The van der Waals surface area contributed by atoms with Crippen LogP contribution < -0.4 is 0 Å². The zero-order chi connectivity index (χ0) is 12.4. The van der Waals surface area contributed by atoms with Gasteiger partial charge in [0.15, 0.2) is 0 Å². The second kappa shape index (κ2) is 5.04. The molecular weight excluding hydrogens is 222 g/mol. The number of aliphatic hydroxyl groups excluding tert-OH is 1. The maximum Gasteiger partial charge on any atom is 0.307 e. The summed E-state index contributed by atoms with van der Waals surface area (Å²) < 4.78 is 0. The summed E-state index contributed by atoms with van der Waals surface area (Å²) in [6.07, 6.45) is 3.15. The minimum atomic E-state index is -0.845. The Hall–Kier alpha value is -1.10. The van der Waals surface area contributed by atoms with Gasteiger partial charge in [-0.25, -0.2) is 0 Å². The molecule has 2 atom stereocenters. The van der Waals surface area contributed by atoms with Crippen LogP contribution in [-0.2, 0) is 9.59 Å². The van der Waals surface area contributed by atoms with Crippen molar-refractivity contribution in [2.75, 3.05) is 19.7 Å². The molecular formula is C12H19NO4. The van der Waals surface area contributed by atoms with E-state index in [0.717, 1.165) is 12.8 Å². The van der Waals surface area contributed by atoms with E-state index in [1.54, 1.807) is 4.90 Å². The first-order chi connectivity index (χ1) is 8.13. The Balaban J connectivity index is 1.95. The standard InChI is InChI=1S/C12H19NO4/c14-7-8-5-13(6-8)11(15)9-3-1-2-4-10(9)12(16)17/h8-10,14H,1-7H2,(H,16,17). The fraction of sp³-hybridized carbons (Fsp3) is 0.833. The Bertz CT molecular complexity index is 312. The minimum Gasteiger partial charge on any atom is -0.481 e. The molecule has 1 aliphatic heterocycles. The molecule has 0 aromatic carbocycles. The van der Waals surface area contributed by atoms with Crippen molar-refractivity contribution in [1.82, 2.24) is 4.90 Å². The van der Waals surface area contributed by atoms with Gasteiger partial charge in [-0.15, -0.1) is 0 Å². The maximum atomic E-state index is 12.1. The smallest absolute Gasteiger partial charge is 0.307 e. The van der Waals surface area contributed by atoms with E-state index < -0.39 is 11.9 Å². The number of carbonyl (C=O) groups excluding carboxylic acids is 1. The molecule has 96 valence electrons. The van der Waals surface area contributed by atoms with Gasteiger partial charge in [0.1, 0.15) is 0 Å². The van der Waals surface area contributed by atoms with Crippen LogP contribution in [0.3, 0.4) is 0 Å². The molecule has 1 heterocycles. The summed E-state index contributed by atoms with van der Waals surface area (Å²) in [6.45, 7) is 1.27. The van der Waals surface area contributed by atoms with Crippen LogP contribution in [0.1, 0.15) is 25.7 Å². The van der Waals surface area contributed by atoms with Crippen LogP contribution in [0.2, 0.25) is 0 Å². The van der Waals surface area contributed by atoms with Crippen molar-refractivity contribution in [2.45, 2.75) is 25.7 Å². The molecule has 1 aliphatic carbocycles. The van der Waals surface area contributed by atoms with Crippen molar-refractivity contribution in [3.8, 4) is 0 Å². The number of carbonyl (C=O) groups is 2. The van der Waals surface area contributed by atoms with Gasteiger partial charge in [-0.05, 0) is 12.8 Å².